The third-order valence-electron chi connectivity index (χ3n) is 2.14. The normalized spacial score (nSPS) is 12.9. The molecule has 0 amide bonds. The van der Waals surface area contributed by atoms with Crippen LogP contribution in [0.25, 0.3) is 0 Å². The average molecular weight is 242 g/mol. The fourth-order valence-electron chi connectivity index (χ4n) is 1.36. The summed E-state index contributed by atoms with van der Waals surface area (Å²) in [5.74, 6) is 1.28. The minimum absolute atomic E-state index is 0.364. The summed E-state index contributed by atoms with van der Waals surface area (Å²) in [5, 5.41) is 13.1. The van der Waals surface area contributed by atoms with E-state index < -0.39 is 6.10 Å². The van der Waals surface area contributed by atoms with Crippen molar-refractivity contribution in [1.82, 2.24) is 5.32 Å². The van der Waals surface area contributed by atoms with Crippen molar-refractivity contribution in [2.45, 2.75) is 12.6 Å². The highest BCUT2D eigenvalue weighted by molar-refractivity contribution is 6.28. The summed E-state index contributed by atoms with van der Waals surface area (Å²) in [5.41, 5.74) is 0. The Bertz CT molecular complexity index is 424. The molecule has 0 fully saturated rings. The predicted molar refractivity (Wildman–Crippen MR) is 59.1 cm³/mol. The van der Waals surface area contributed by atoms with Crippen LogP contribution in [0.2, 0.25) is 5.22 Å². The molecule has 0 saturated carbocycles. The maximum Gasteiger partial charge on any atom is 0.193 e. The average Bonchev–Trinajstić information content (AvgIpc) is 2.89. The van der Waals surface area contributed by atoms with Crippen molar-refractivity contribution in [3.05, 3.63) is 47.3 Å². The minimum Gasteiger partial charge on any atom is -0.467 e. The first-order valence-electron chi connectivity index (χ1n) is 4.92. The van der Waals surface area contributed by atoms with E-state index in [1.807, 2.05) is 0 Å². The van der Waals surface area contributed by atoms with Gasteiger partial charge >= 0.3 is 0 Å². The Morgan fingerprint density at radius 1 is 1.38 bits per heavy atom. The van der Waals surface area contributed by atoms with Crippen molar-refractivity contribution in [3.63, 3.8) is 0 Å². The van der Waals surface area contributed by atoms with E-state index in [4.69, 9.17) is 20.4 Å². The zero-order valence-electron chi connectivity index (χ0n) is 8.52. The van der Waals surface area contributed by atoms with Crippen LogP contribution in [0.1, 0.15) is 17.6 Å². The zero-order valence-corrected chi connectivity index (χ0v) is 9.28. The smallest absolute Gasteiger partial charge is 0.193 e. The lowest BCUT2D eigenvalue weighted by molar-refractivity contribution is 0.146. The van der Waals surface area contributed by atoms with Gasteiger partial charge in [-0.1, -0.05) is 0 Å². The van der Waals surface area contributed by atoms with Crippen LogP contribution in [0.4, 0.5) is 0 Å². The van der Waals surface area contributed by atoms with E-state index in [2.05, 4.69) is 5.32 Å². The van der Waals surface area contributed by atoms with Gasteiger partial charge in [0.15, 0.2) is 5.22 Å². The van der Waals surface area contributed by atoms with Crippen LogP contribution < -0.4 is 5.32 Å². The Kier molecular flexibility index (Phi) is 3.66. The summed E-state index contributed by atoms with van der Waals surface area (Å²) in [6.45, 7) is 0.913. The fraction of sp³-hybridized carbons (Fsp3) is 0.273. The summed E-state index contributed by atoms with van der Waals surface area (Å²) in [7, 11) is 0. The highest BCUT2D eigenvalue weighted by Gasteiger charge is 2.09. The third kappa shape index (κ3) is 2.88. The Labute approximate surface area is 97.8 Å². The van der Waals surface area contributed by atoms with Gasteiger partial charge in [-0.25, -0.2) is 0 Å². The van der Waals surface area contributed by atoms with Crippen molar-refractivity contribution < 1.29 is 13.9 Å². The first-order valence-corrected chi connectivity index (χ1v) is 5.30. The van der Waals surface area contributed by atoms with Gasteiger partial charge in [0.25, 0.3) is 0 Å². The van der Waals surface area contributed by atoms with Gasteiger partial charge in [-0.15, -0.1) is 0 Å². The second-order valence-corrected chi connectivity index (χ2v) is 3.74. The number of rotatable bonds is 5. The Morgan fingerprint density at radius 2 is 2.25 bits per heavy atom. The highest BCUT2D eigenvalue weighted by Crippen LogP contribution is 2.14. The summed E-state index contributed by atoms with van der Waals surface area (Å²) >= 11 is 5.62. The Morgan fingerprint density at radius 3 is 2.88 bits per heavy atom. The standard InChI is InChI=1S/C11H12ClNO3/c12-11-4-3-8(16-11)6-13-7-9(14)10-2-1-5-15-10/h1-5,9,13-14H,6-7H2. The molecule has 0 aliphatic rings. The van der Waals surface area contributed by atoms with Crippen molar-refractivity contribution in [3.8, 4) is 0 Å². The molecular weight excluding hydrogens is 230 g/mol. The van der Waals surface area contributed by atoms with Gasteiger partial charge in [-0.3, -0.25) is 0 Å². The van der Waals surface area contributed by atoms with Crippen molar-refractivity contribution >= 4 is 11.6 Å². The first kappa shape index (κ1) is 11.3. The molecule has 16 heavy (non-hydrogen) atoms. The lowest BCUT2D eigenvalue weighted by Gasteiger charge is -2.07. The molecule has 2 rings (SSSR count). The minimum atomic E-state index is -0.652. The molecular formula is C11H12ClNO3. The Hall–Kier alpha value is -1.23. The monoisotopic (exact) mass is 241 g/mol. The summed E-state index contributed by atoms with van der Waals surface area (Å²) < 4.78 is 10.2. The maximum atomic E-state index is 9.68. The number of aliphatic hydroxyl groups is 1. The molecule has 0 saturated heterocycles. The number of halogens is 1. The second kappa shape index (κ2) is 5.21. The van der Waals surface area contributed by atoms with Crippen molar-refractivity contribution in [2.75, 3.05) is 6.54 Å². The maximum absolute atomic E-state index is 9.68. The van der Waals surface area contributed by atoms with Crippen LogP contribution in [-0.2, 0) is 6.54 Å². The number of hydrogen-bond acceptors (Lipinski definition) is 4. The molecule has 4 nitrogen and oxygen atoms in total. The SMILES string of the molecule is OC(CNCc1ccc(Cl)o1)c1ccco1. The molecule has 5 heteroatoms. The molecule has 0 aliphatic heterocycles. The van der Waals surface area contributed by atoms with Crippen LogP contribution >= 0.6 is 11.6 Å². The molecule has 0 radical (unpaired) electrons. The van der Waals surface area contributed by atoms with E-state index in [0.717, 1.165) is 5.76 Å². The van der Waals surface area contributed by atoms with Gasteiger partial charge in [-0.2, -0.15) is 0 Å². The molecule has 0 bridgehead atoms. The van der Waals surface area contributed by atoms with E-state index in [1.165, 1.54) is 6.26 Å². The van der Waals surface area contributed by atoms with Gasteiger partial charge in [0.2, 0.25) is 0 Å². The lowest BCUT2D eigenvalue weighted by Crippen LogP contribution is -2.20. The van der Waals surface area contributed by atoms with Crippen LogP contribution in [0.15, 0.2) is 39.4 Å². The molecule has 2 aromatic heterocycles. The van der Waals surface area contributed by atoms with Crippen LogP contribution in [-0.4, -0.2) is 11.7 Å². The number of aliphatic hydroxyl groups excluding tert-OH is 1. The van der Waals surface area contributed by atoms with Crippen LogP contribution in [0.5, 0.6) is 0 Å². The molecule has 2 aromatic rings. The molecule has 1 atom stereocenters. The topological polar surface area (TPSA) is 58.5 Å². The number of hydrogen-bond donors (Lipinski definition) is 2. The number of furan rings is 2. The summed E-state index contributed by atoms with van der Waals surface area (Å²) in [6.07, 6.45) is 0.880. The molecule has 0 aromatic carbocycles. The predicted octanol–water partition coefficient (Wildman–Crippen LogP) is 2.35. The van der Waals surface area contributed by atoms with Crippen LogP contribution in [0.3, 0.4) is 0 Å². The quantitative estimate of drug-likeness (QED) is 0.844. The largest absolute Gasteiger partial charge is 0.467 e. The second-order valence-electron chi connectivity index (χ2n) is 3.37. The van der Waals surface area contributed by atoms with Gasteiger partial charge in [-0.05, 0) is 35.9 Å². The van der Waals surface area contributed by atoms with Crippen molar-refractivity contribution in [1.29, 1.82) is 0 Å². The molecule has 86 valence electrons. The van der Waals surface area contributed by atoms with Gasteiger partial charge in [0.1, 0.15) is 17.6 Å². The highest BCUT2D eigenvalue weighted by atomic mass is 35.5. The molecule has 2 heterocycles. The first-order chi connectivity index (χ1) is 7.75. The Balaban J connectivity index is 1.76. The van der Waals surface area contributed by atoms with E-state index in [1.54, 1.807) is 24.3 Å². The molecule has 0 aliphatic carbocycles. The van der Waals surface area contributed by atoms with E-state index in [9.17, 15) is 5.11 Å². The van der Waals surface area contributed by atoms with Gasteiger partial charge in [0.05, 0.1) is 12.8 Å². The van der Waals surface area contributed by atoms with Gasteiger partial charge in [0, 0.05) is 6.54 Å². The van der Waals surface area contributed by atoms with E-state index in [0.29, 0.717) is 24.1 Å². The van der Waals surface area contributed by atoms with Crippen LogP contribution in [0, 0.1) is 0 Å². The molecule has 1 unspecified atom stereocenters. The zero-order chi connectivity index (χ0) is 11.4. The van der Waals surface area contributed by atoms with E-state index in [-0.39, 0.29) is 0 Å². The fourth-order valence-corrected chi connectivity index (χ4v) is 1.52. The van der Waals surface area contributed by atoms with Crippen molar-refractivity contribution in [2.24, 2.45) is 0 Å². The summed E-state index contributed by atoms with van der Waals surface area (Å²) in [6, 6.07) is 6.94. The molecule has 2 N–H and O–H groups in total. The third-order valence-corrected chi connectivity index (χ3v) is 2.34. The lowest BCUT2D eigenvalue weighted by atomic mass is 10.2. The summed E-state index contributed by atoms with van der Waals surface area (Å²) in [4.78, 5) is 0. The van der Waals surface area contributed by atoms with E-state index >= 15 is 0 Å². The number of nitrogens with one attached hydrogen (secondary N) is 1. The van der Waals surface area contributed by atoms with Gasteiger partial charge < -0.3 is 19.3 Å². The molecule has 0 spiro atoms.